The van der Waals surface area contributed by atoms with Gasteiger partial charge in [0.25, 0.3) is 0 Å². The van der Waals surface area contributed by atoms with Gasteiger partial charge in [0.15, 0.2) is 11.6 Å². The van der Waals surface area contributed by atoms with Crippen molar-refractivity contribution in [3.63, 3.8) is 0 Å². The van der Waals surface area contributed by atoms with Gasteiger partial charge in [-0.05, 0) is 38.1 Å². The van der Waals surface area contributed by atoms with Gasteiger partial charge in [-0.25, -0.2) is 14.6 Å². The summed E-state index contributed by atoms with van der Waals surface area (Å²) in [6.45, 7) is 4.22. The molecule has 0 saturated carbocycles. The van der Waals surface area contributed by atoms with Gasteiger partial charge in [0, 0.05) is 41.8 Å². The van der Waals surface area contributed by atoms with E-state index in [1.165, 1.54) is 0 Å². The van der Waals surface area contributed by atoms with E-state index in [2.05, 4.69) is 50.5 Å². The number of benzene rings is 1. The maximum atomic E-state index is 4.58. The minimum absolute atomic E-state index is 0.359. The van der Waals surface area contributed by atoms with Crippen LogP contribution in [-0.4, -0.2) is 36.0 Å². The zero-order valence-electron chi connectivity index (χ0n) is 13.4. The van der Waals surface area contributed by atoms with Gasteiger partial charge in [-0.15, -0.1) is 0 Å². The monoisotopic (exact) mass is 319 g/mol. The molecule has 0 aliphatic rings. The van der Waals surface area contributed by atoms with Crippen LogP contribution >= 0.6 is 0 Å². The lowest BCUT2D eigenvalue weighted by molar-refractivity contribution is 0.840. The molecule has 2 N–H and O–H groups in total. The number of hydrogen-bond acceptors (Lipinski definition) is 5. The Morgan fingerprint density at radius 1 is 1.17 bits per heavy atom. The Balaban J connectivity index is 1.80. The van der Waals surface area contributed by atoms with Crippen LogP contribution in [0.1, 0.15) is 13.8 Å². The maximum Gasteiger partial charge on any atom is 0.182 e. The lowest BCUT2D eigenvalue weighted by atomic mass is 10.1. The average molecular weight is 319 g/mol. The third-order valence-electron chi connectivity index (χ3n) is 3.61. The fraction of sp³-hybridized carbons (Fsp3) is 0.176. The van der Waals surface area contributed by atoms with Crippen LogP contribution in [0.3, 0.4) is 0 Å². The Bertz CT molecular complexity index is 970. The molecule has 0 spiro atoms. The van der Waals surface area contributed by atoms with Crippen LogP contribution in [0, 0.1) is 0 Å². The van der Waals surface area contributed by atoms with Crippen molar-refractivity contribution < 1.29 is 0 Å². The summed E-state index contributed by atoms with van der Waals surface area (Å²) in [6, 6.07) is 10.1. The van der Waals surface area contributed by atoms with E-state index in [4.69, 9.17) is 0 Å². The molecule has 3 aromatic heterocycles. The molecule has 4 rings (SSSR count). The van der Waals surface area contributed by atoms with Crippen molar-refractivity contribution in [1.82, 2.24) is 29.9 Å². The molecular weight excluding hydrogens is 302 g/mol. The molecule has 24 heavy (non-hydrogen) atoms. The van der Waals surface area contributed by atoms with E-state index in [1.54, 1.807) is 17.1 Å². The molecule has 1 aromatic carbocycles. The van der Waals surface area contributed by atoms with E-state index < -0.39 is 0 Å². The minimum atomic E-state index is 0.359. The number of nitrogens with one attached hydrogen (secondary N) is 2. The standard InChI is InChI=1S/C17H17N7/c1-11(2)20-12-4-5-14-13(10-12)16(23-22-14)17-18-8-6-15(21-17)24-9-3-7-19-24/h3-11,20H,1-2H3,(H,22,23). The molecule has 0 aliphatic carbocycles. The first-order valence-electron chi connectivity index (χ1n) is 7.79. The Labute approximate surface area is 138 Å². The van der Waals surface area contributed by atoms with Crippen LogP contribution in [0.25, 0.3) is 28.2 Å². The lowest BCUT2D eigenvalue weighted by Crippen LogP contribution is -2.09. The largest absolute Gasteiger partial charge is 0.383 e. The van der Waals surface area contributed by atoms with Crippen LogP contribution in [-0.2, 0) is 0 Å². The SMILES string of the molecule is CC(C)Nc1ccc2[nH]nc(-c3nccc(-n4cccn4)n3)c2c1. The van der Waals surface area contributed by atoms with Gasteiger partial charge in [0.05, 0.1) is 5.52 Å². The molecule has 3 heterocycles. The van der Waals surface area contributed by atoms with Gasteiger partial charge >= 0.3 is 0 Å². The molecule has 4 aromatic rings. The van der Waals surface area contributed by atoms with Crippen molar-refractivity contribution in [2.45, 2.75) is 19.9 Å². The second-order valence-electron chi connectivity index (χ2n) is 5.82. The number of H-pyrrole nitrogens is 1. The highest BCUT2D eigenvalue weighted by Gasteiger charge is 2.13. The molecular formula is C17H17N7. The summed E-state index contributed by atoms with van der Waals surface area (Å²) in [4.78, 5) is 8.96. The molecule has 0 fully saturated rings. The highest BCUT2D eigenvalue weighted by Crippen LogP contribution is 2.27. The second kappa shape index (κ2) is 5.77. The number of aromatic amines is 1. The topological polar surface area (TPSA) is 84.3 Å². The zero-order valence-corrected chi connectivity index (χ0v) is 13.4. The van der Waals surface area contributed by atoms with Crippen molar-refractivity contribution in [1.29, 1.82) is 0 Å². The van der Waals surface area contributed by atoms with Crippen LogP contribution < -0.4 is 5.32 Å². The first kappa shape index (κ1) is 14.4. The van der Waals surface area contributed by atoms with Crippen molar-refractivity contribution >= 4 is 16.6 Å². The molecule has 7 heteroatoms. The maximum absolute atomic E-state index is 4.58. The van der Waals surface area contributed by atoms with Crippen LogP contribution in [0.4, 0.5) is 5.69 Å². The second-order valence-corrected chi connectivity index (χ2v) is 5.82. The number of fused-ring (bicyclic) bond motifs is 1. The first-order valence-corrected chi connectivity index (χ1v) is 7.79. The van der Waals surface area contributed by atoms with Gasteiger partial charge in [-0.3, -0.25) is 5.10 Å². The molecule has 0 aliphatic heterocycles. The van der Waals surface area contributed by atoms with Crippen molar-refractivity contribution in [3.8, 4) is 17.3 Å². The summed E-state index contributed by atoms with van der Waals surface area (Å²) in [6.07, 6.45) is 5.28. The number of hydrogen-bond donors (Lipinski definition) is 2. The molecule has 0 atom stereocenters. The van der Waals surface area contributed by atoms with Crippen LogP contribution in [0.5, 0.6) is 0 Å². The molecule has 0 unspecified atom stereocenters. The number of anilines is 1. The Morgan fingerprint density at radius 2 is 2.08 bits per heavy atom. The van der Waals surface area contributed by atoms with Crippen LogP contribution in [0.15, 0.2) is 48.9 Å². The van der Waals surface area contributed by atoms with Gasteiger partial charge in [-0.2, -0.15) is 10.2 Å². The summed E-state index contributed by atoms with van der Waals surface area (Å²) in [5, 5.41) is 16.0. The highest BCUT2D eigenvalue weighted by molar-refractivity contribution is 5.93. The van der Waals surface area contributed by atoms with E-state index in [9.17, 15) is 0 Å². The Morgan fingerprint density at radius 3 is 2.88 bits per heavy atom. The summed E-state index contributed by atoms with van der Waals surface area (Å²) >= 11 is 0. The minimum Gasteiger partial charge on any atom is -0.383 e. The van der Waals surface area contributed by atoms with Gasteiger partial charge in [0.1, 0.15) is 5.69 Å². The number of rotatable bonds is 4. The summed E-state index contributed by atoms with van der Waals surface area (Å²) in [5.41, 5.74) is 2.72. The first-order chi connectivity index (χ1) is 11.7. The normalized spacial score (nSPS) is 11.3. The van der Waals surface area contributed by atoms with Gasteiger partial charge in [0.2, 0.25) is 0 Å². The smallest absolute Gasteiger partial charge is 0.182 e. The third kappa shape index (κ3) is 2.60. The highest BCUT2D eigenvalue weighted by atomic mass is 15.3. The summed E-state index contributed by atoms with van der Waals surface area (Å²) in [7, 11) is 0. The van der Waals surface area contributed by atoms with Crippen molar-refractivity contribution in [3.05, 3.63) is 48.9 Å². The Hall–Kier alpha value is -3.22. The van der Waals surface area contributed by atoms with E-state index in [-0.39, 0.29) is 0 Å². The molecule has 120 valence electrons. The zero-order chi connectivity index (χ0) is 16.5. The molecule has 7 nitrogen and oxygen atoms in total. The van der Waals surface area contributed by atoms with E-state index in [0.717, 1.165) is 22.3 Å². The lowest BCUT2D eigenvalue weighted by Gasteiger charge is -2.09. The third-order valence-corrected chi connectivity index (χ3v) is 3.61. The summed E-state index contributed by atoms with van der Waals surface area (Å²) in [5.74, 6) is 1.27. The van der Waals surface area contributed by atoms with E-state index in [0.29, 0.717) is 17.7 Å². The van der Waals surface area contributed by atoms with E-state index >= 15 is 0 Å². The molecule has 0 radical (unpaired) electrons. The predicted octanol–water partition coefficient (Wildman–Crippen LogP) is 3.03. The molecule has 0 bridgehead atoms. The average Bonchev–Trinajstić information content (AvgIpc) is 3.24. The predicted molar refractivity (Wildman–Crippen MR) is 93.0 cm³/mol. The van der Waals surface area contributed by atoms with Crippen LogP contribution in [0.2, 0.25) is 0 Å². The van der Waals surface area contributed by atoms with Crippen molar-refractivity contribution in [2.24, 2.45) is 0 Å². The fourth-order valence-electron chi connectivity index (χ4n) is 2.60. The molecule has 0 amide bonds. The number of aromatic nitrogens is 6. The fourth-order valence-corrected chi connectivity index (χ4v) is 2.60. The van der Waals surface area contributed by atoms with Gasteiger partial charge in [-0.1, -0.05) is 0 Å². The Kier molecular flexibility index (Phi) is 3.45. The van der Waals surface area contributed by atoms with E-state index in [1.807, 2.05) is 30.5 Å². The quantitative estimate of drug-likeness (QED) is 0.604. The number of nitrogens with zero attached hydrogens (tertiary/aromatic N) is 5. The summed E-state index contributed by atoms with van der Waals surface area (Å²) < 4.78 is 1.70. The van der Waals surface area contributed by atoms with Crippen molar-refractivity contribution in [2.75, 3.05) is 5.32 Å². The van der Waals surface area contributed by atoms with Gasteiger partial charge < -0.3 is 5.32 Å². The molecule has 0 saturated heterocycles.